The fourth-order valence-electron chi connectivity index (χ4n) is 3.61. The third kappa shape index (κ3) is 6.60. The van der Waals surface area contributed by atoms with Gasteiger partial charge in [0.25, 0.3) is 5.91 Å². The van der Waals surface area contributed by atoms with Crippen LogP contribution >= 0.6 is 11.6 Å². The fraction of sp³-hybridized carbons (Fsp3) is 0.154. The molecule has 202 valence electrons. The number of benzene rings is 3. The summed E-state index contributed by atoms with van der Waals surface area (Å²) < 4.78 is 36.0. The van der Waals surface area contributed by atoms with Gasteiger partial charge >= 0.3 is 5.97 Å². The lowest BCUT2D eigenvalue weighted by atomic mass is 10.2. The Kier molecular flexibility index (Phi) is 8.92. The maximum atomic E-state index is 12.7. The van der Waals surface area contributed by atoms with Crippen LogP contribution in [0.1, 0.15) is 16.8 Å². The predicted molar refractivity (Wildman–Crippen MR) is 147 cm³/mol. The summed E-state index contributed by atoms with van der Waals surface area (Å²) in [5, 5.41) is 6.02. The van der Waals surface area contributed by atoms with Gasteiger partial charge in [0.1, 0.15) is 5.75 Å². The Morgan fingerprint density at radius 3 is 2.46 bits per heavy atom. The molecule has 1 atom stereocenters. The minimum Gasteiger partial charge on any atom is -0.755 e. The van der Waals surface area contributed by atoms with Gasteiger partial charge < -0.3 is 24.7 Å². The molecule has 0 aliphatic heterocycles. The number of carbonyl (C=O) groups is 2. The molecule has 3 aromatic carbocycles. The quantitative estimate of drug-likeness (QED) is 0.211. The summed E-state index contributed by atoms with van der Waals surface area (Å²) >= 11 is 3.51. The first kappa shape index (κ1) is 27.8. The van der Waals surface area contributed by atoms with Gasteiger partial charge in [-0.1, -0.05) is 29.8 Å². The van der Waals surface area contributed by atoms with Crippen LogP contribution in [0.25, 0.3) is 11.0 Å². The summed E-state index contributed by atoms with van der Waals surface area (Å²) in [6.07, 6.45) is -0.00677. The summed E-state index contributed by atoms with van der Waals surface area (Å²) in [5.41, 5.74) is 1.68. The second-order valence-corrected chi connectivity index (χ2v) is 9.21. The summed E-state index contributed by atoms with van der Waals surface area (Å²) in [7, 11) is 2.77. The Morgan fingerprint density at radius 1 is 1.03 bits per heavy atom. The molecular weight excluding hydrogens is 546 g/mol. The van der Waals surface area contributed by atoms with E-state index in [0.717, 1.165) is 4.31 Å². The van der Waals surface area contributed by atoms with Gasteiger partial charge in [-0.15, -0.1) is 0 Å². The van der Waals surface area contributed by atoms with Crippen molar-refractivity contribution >= 4 is 68.8 Å². The number of amides is 1. The van der Waals surface area contributed by atoms with E-state index < -0.39 is 23.1 Å². The highest BCUT2D eigenvalue weighted by Crippen LogP contribution is 2.36. The molecule has 0 saturated carbocycles. The van der Waals surface area contributed by atoms with Crippen molar-refractivity contribution < 1.29 is 27.8 Å². The standard InChI is InChI=1S/C26H24ClN5O6S/c1-37-18-10-11-19(27)22(15-18)30-24-25(31-21-9-4-3-8-20(21)29-24)32(39(35)36)17-7-5-6-16(14-17)26(34)28-13-12-23(33)38-2/h3-11,14-15H,12-13H2,1-2H3,(H,28,34)(H,29,30)(H,35,36)/p-1. The number of fused-ring (bicyclic) bond motifs is 1. The largest absolute Gasteiger partial charge is 0.755 e. The van der Waals surface area contributed by atoms with E-state index in [1.54, 1.807) is 42.5 Å². The minimum atomic E-state index is -2.87. The number of rotatable bonds is 10. The molecule has 2 N–H and O–H groups in total. The number of halogens is 1. The zero-order valence-corrected chi connectivity index (χ0v) is 22.4. The topological polar surface area (TPSA) is 146 Å². The molecule has 0 bridgehead atoms. The van der Waals surface area contributed by atoms with E-state index in [-0.39, 0.29) is 35.9 Å². The van der Waals surface area contributed by atoms with Crippen molar-refractivity contribution in [2.45, 2.75) is 6.42 Å². The molecule has 11 nitrogen and oxygen atoms in total. The van der Waals surface area contributed by atoms with Gasteiger partial charge in [-0.05, 0) is 42.5 Å². The third-order valence-electron chi connectivity index (χ3n) is 5.51. The molecule has 0 aliphatic rings. The van der Waals surface area contributed by atoms with Gasteiger partial charge in [-0.2, -0.15) is 0 Å². The molecule has 39 heavy (non-hydrogen) atoms. The van der Waals surface area contributed by atoms with Gasteiger partial charge in [-0.3, -0.25) is 18.1 Å². The van der Waals surface area contributed by atoms with Crippen LogP contribution < -0.4 is 19.7 Å². The Hall–Kier alpha value is -4.26. The Morgan fingerprint density at radius 2 is 1.77 bits per heavy atom. The van der Waals surface area contributed by atoms with Crippen LogP contribution in [0.2, 0.25) is 5.02 Å². The van der Waals surface area contributed by atoms with E-state index in [1.807, 2.05) is 0 Å². The van der Waals surface area contributed by atoms with Gasteiger partial charge in [0.2, 0.25) is 0 Å². The van der Waals surface area contributed by atoms with Gasteiger partial charge in [-0.25, -0.2) is 9.97 Å². The molecule has 0 radical (unpaired) electrons. The molecule has 0 spiro atoms. The van der Waals surface area contributed by atoms with Crippen LogP contribution in [0.5, 0.6) is 5.75 Å². The van der Waals surface area contributed by atoms with Crippen molar-refractivity contribution in [3.05, 3.63) is 77.3 Å². The van der Waals surface area contributed by atoms with Crippen molar-refractivity contribution in [2.24, 2.45) is 0 Å². The first-order valence-electron chi connectivity index (χ1n) is 11.5. The monoisotopic (exact) mass is 568 g/mol. The van der Waals surface area contributed by atoms with Crippen LogP contribution in [-0.2, 0) is 20.8 Å². The second-order valence-electron chi connectivity index (χ2n) is 8.00. The summed E-state index contributed by atoms with van der Waals surface area (Å²) in [6.45, 7) is 0.0540. The summed E-state index contributed by atoms with van der Waals surface area (Å²) in [6, 6.07) is 17.9. The molecule has 0 aliphatic carbocycles. The first-order chi connectivity index (χ1) is 18.8. The maximum absolute atomic E-state index is 12.7. The maximum Gasteiger partial charge on any atom is 0.307 e. The average molecular weight is 569 g/mol. The van der Waals surface area contributed by atoms with Crippen molar-refractivity contribution in [3.8, 4) is 5.75 Å². The molecular formula is C26H23ClN5O6S-. The van der Waals surface area contributed by atoms with Crippen LogP contribution in [0.3, 0.4) is 0 Å². The van der Waals surface area contributed by atoms with Gasteiger partial charge in [0.05, 0.1) is 59.3 Å². The lowest BCUT2D eigenvalue weighted by Gasteiger charge is -2.27. The fourth-order valence-corrected chi connectivity index (χ4v) is 4.32. The average Bonchev–Trinajstić information content (AvgIpc) is 2.94. The first-order valence-corrected chi connectivity index (χ1v) is 12.9. The number of anilines is 4. The summed E-state index contributed by atoms with van der Waals surface area (Å²) in [4.78, 5) is 33.2. The molecule has 1 unspecified atom stereocenters. The molecule has 4 rings (SSSR count). The number of nitrogens with one attached hydrogen (secondary N) is 2. The Bertz CT molecular complexity index is 1550. The highest BCUT2D eigenvalue weighted by Gasteiger charge is 2.21. The molecule has 1 amide bonds. The van der Waals surface area contributed by atoms with E-state index in [0.29, 0.717) is 27.5 Å². The molecule has 4 aromatic rings. The smallest absolute Gasteiger partial charge is 0.307 e. The number of hydrogen-bond acceptors (Lipinski definition) is 9. The van der Waals surface area contributed by atoms with Crippen LogP contribution in [0.15, 0.2) is 66.7 Å². The number of ether oxygens (including phenoxy) is 2. The van der Waals surface area contributed by atoms with Crippen LogP contribution in [-0.4, -0.2) is 51.4 Å². The molecule has 1 aromatic heterocycles. The van der Waals surface area contributed by atoms with E-state index in [9.17, 15) is 18.4 Å². The van der Waals surface area contributed by atoms with Crippen LogP contribution in [0.4, 0.5) is 23.0 Å². The van der Waals surface area contributed by atoms with E-state index in [4.69, 9.17) is 16.3 Å². The van der Waals surface area contributed by atoms with E-state index in [1.165, 1.54) is 38.5 Å². The molecule has 1 heterocycles. The summed E-state index contributed by atoms with van der Waals surface area (Å²) in [5.74, 6) is -0.399. The number of para-hydroxylation sites is 2. The SMILES string of the molecule is COC(=O)CCNC(=O)c1cccc(N(c2nc3ccccc3nc2Nc2cc(OC)ccc2Cl)S(=O)[O-])c1. The van der Waals surface area contributed by atoms with Gasteiger partial charge in [0.15, 0.2) is 11.6 Å². The van der Waals surface area contributed by atoms with E-state index >= 15 is 0 Å². The number of aromatic nitrogens is 2. The zero-order chi connectivity index (χ0) is 27.9. The lowest BCUT2D eigenvalue weighted by molar-refractivity contribution is -0.140. The second kappa shape index (κ2) is 12.5. The zero-order valence-electron chi connectivity index (χ0n) is 20.8. The predicted octanol–water partition coefficient (Wildman–Crippen LogP) is 4.26. The van der Waals surface area contributed by atoms with E-state index in [2.05, 4.69) is 25.3 Å². The third-order valence-corrected chi connectivity index (χ3v) is 6.52. The Balaban J connectivity index is 1.76. The highest BCUT2D eigenvalue weighted by atomic mass is 35.5. The normalized spacial score (nSPS) is 11.5. The highest BCUT2D eigenvalue weighted by molar-refractivity contribution is 7.81. The number of hydrogen-bond donors (Lipinski definition) is 2. The van der Waals surface area contributed by atoms with Crippen molar-refractivity contribution in [3.63, 3.8) is 0 Å². The number of nitrogens with zero attached hydrogens (tertiary/aromatic N) is 3. The number of methoxy groups -OCH3 is 2. The molecule has 0 fully saturated rings. The number of esters is 1. The van der Waals surface area contributed by atoms with Crippen molar-refractivity contribution in [1.82, 2.24) is 15.3 Å². The number of carbonyl (C=O) groups excluding carboxylic acids is 2. The molecule has 0 saturated heterocycles. The Labute approximate surface area is 231 Å². The lowest BCUT2D eigenvalue weighted by Crippen LogP contribution is -2.27. The van der Waals surface area contributed by atoms with Gasteiger partial charge in [0, 0.05) is 18.2 Å². The minimum absolute atomic E-state index is 0.00677. The molecule has 13 heteroatoms. The van der Waals surface area contributed by atoms with Crippen molar-refractivity contribution in [2.75, 3.05) is 30.4 Å². The van der Waals surface area contributed by atoms with Crippen LogP contribution in [0, 0.1) is 0 Å². The van der Waals surface area contributed by atoms with Crippen molar-refractivity contribution in [1.29, 1.82) is 0 Å².